The Labute approximate surface area is 84.0 Å². The van der Waals surface area contributed by atoms with Crippen LogP contribution in [-0.2, 0) is 10.2 Å². The van der Waals surface area contributed by atoms with Crippen molar-refractivity contribution in [3.63, 3.8) is 0 Å². The molecule has 0 aliphatic carbocycles. The molecular formula is C8H13N3O2S. The average molecular weight is 215 g/mol. The molecule has 1 aromatic heterocycles. The molecule has 0 aromatic carbocycles. The molecule has 1 rings (SSSR count). The van der Waals surface area contributed by atoms with Crippen LogP contribution < -0.4 is 4.72 Å². The van der Waals surface area contributed by atoms with Gasteiger partial charge in [0.2, 0.25) is 0 Å². The highest BCUT2D eigenvalue weighted by atomic mass is 32.2. The summed E-state index contributed by atoms with van der Waals surface area (Å²) in [4.78, 5) is 3.88. The lowest BCUT2D eigenvalue weighted by atomic mass is 10.3. The van der Waals surface area contributed by atoms with Gasteiger partial charge in [-0.1, -0.05) is 0 Å². The molecule has 0 aliphatic heterocycles. The Hall–Kier alpha value is -1.14. The molecule has 0 spiro atoms. The van der Waals surface area contributed by atoms with E-state index in [2.05, 4.69) is 9.71 Å². The van der Waals surface area contributed by atoms with E-state index in [0.717, 1.165) is 9.87 Å². The van der Waals surface area contributed by atoms with Crippen LogP contribution >= 0.6 is 0 Å². The molecule has 78 valence electrons. The number of hydrogen-bond donors (Lipinski definition) is 1. The van der Waals surface area contributed by atoms with Gasteiger partial charge in [0.25, 0.3) is 0 Å². The predicted octanol–water partition coefficient (Wildman–Crippen LogP) is 0.608. The normalized spacial score (nSPS) is 11.7. The maximum absolute atomic E-state index is 11.4. The van der Waals surface area contributed by atoms with Gasteiger partial charge in [0.05, 0.1) is 11.9 Å². The molecule has 6 heteroatoms. The maximum Gasteiger partial charge on any atom is 0.301 e. The van der Waals surface area contributed by atoms with E-state index in [-0.39, 0.29) is 0 Å². The summed E-state index contributed by atoms with van der Waals surface area (Å²) in [6, 6.07) is 1.72. The van der Waals surface area contributed by atoms with E-state index in [0.29, 0.717) is 5.69 Å². The molecule has 14 heavy (non-hydrogen) atoms. The second kappa shape index (κ2) is 3.93. The minimum absolute atomic E-state index is 0.471. The van der Waals surface area contributed by atoms with Crippen molar-refractivity contribution in [2.75, 3.05) is 18.8 Å². The Morgan fingerprint density at radius 3 is 2.50 bits per heavy atom. The molecular weight excluding hydrogens is 202 g/mol. The first-order chi connectivity index (χ1) is 6.42. The fourth-order valence-electron chi connectivity index (χ4n) is 0.851. The lowest BCUT2D eigenvalue weighted by Gasteiger charge is -2.12. The van der Waals surface area contributed by atoms with Gasteiger partial charge in [-0.2, -0.15) is 12.7 Å². The number of anilines is 1. The molecule has 0 saturated carbocycles. The zero-order valence-corrected chi connectivity index (χ0v) is 9.17. The fraction of sp³-hybridized carbons (Fsp3) is 0.375. The minimum atomic E-state index is -3.42. The molecule has 0 saturated heterocycles. The molecule has 1 N–H and O–H groups in total. The largest absolute Gasteiger partial charge is 0.301 e. The second-order valence-electron chi connectivity index (χ2n) is 3.14. The standard InChI is InChI=1S/C8H13N3O2S/c1-7-4-8(6-9-5-7)10-14(12,13)11(2)3/h4-6,10H,1-3H3. The van der Waals surface area contributed by atoms with Gasteiger partial charge in [0, 0.05) is 20.3 Å². The molecule has 1 heterocycles. The van der Waals surface area contributed by atoms with Gasteiger partial charge in [-0.3, -0.25) is 9.71 Å². The fourth-order valence-corrected chi connectivity index (χ4v) is 1.44. The van der Waals surface area contributed by atoms with Gasteiger partial charge in [-0.25, -0.2) is 0 Å². The van der Waals surface area contributed by atoms with Crippen LogP contribution in [0, 0.1) is 6.92 Å². The monoisotopic (exact) mass is 215 g/mol. The summed E-state index contributed by atoms with van der Waals surface area (Å²) in [5.41, 5.74) is 1.38. The molecule has 0 amide bonds. The van der Waals surface area contributed by atoms with Crippen LogP contribution in [0.25, 0.3) is 0 Å². The van der Waals surface area contributed by atoms with Crippen molar-refractivity contribution < 1.29 is 8.42 Å². The van der Waals surface area contributed by atoms with Gasteiger partial charge in [0.15, 0.2) is 0 Å². The summed E-state index contributed by atoms with van der Waals surface area (Å²) in [5.74, 6) is 0. The lowest BCUT2D eigenvalue weighted by molar-refractivity contribution is 0.527. The van der Waals surface area contributed by atoms with Crippen LogP contribution in [0.15, 0.2) is 18.5 Å². The van der Waals surface area contributed by atoms with E-state index in [1.165, 1.54) is 20.3 Å². The van der Waals surface area contributed by atoms with Crippen molar-refractivity contribution in [2.45, 2.75) is 6.92 Å². The van der Waals surface area contributed by atoms with Crippen molar-refractivity contribution in [1.29, 1.82) is 0 Å². The Morgan fingerprint density at radius 2 is 2.00 bits per heavy atom. The van der Waals surface area contributed by atoms with E-state index in [4.69, 9.17) is 0 Å². The highest BCUT2D eigenvalue weighted by molar-refractivity contribution is 7.90. The summed E-state index contributed by atoms with van der Waals surface area (Å²) >= 11 is 0. The van der Waals surface area contributed by atoms with Crippen LogP contribution in [0.2, 0.25) is 0 Å². The van der Waals surface area contributed by atoms with Gasteiger partial charge in [-0.15, -0.1) is 0 Å². The molecule has 5 nitrogen and oxygen atoms in total. The van der Waals surface area contributed by atoms with Crippen molar-refractivity contribution in [3.05, 3.63) is 24.0 Å². The van der Waals surface area contributed by atoms with Crippen LogP contribution in [0.5, 0.6) is 0 Å². The molecule has 0 fully saturated rings. The summed E-state index contributed by atoms with van der Waals surface area (Å²) in [6.07, 6.45) is 3.13. The van der Waals surface area contributed by atoms with E-state index in [9.17, 15) is 8.42 Å². The number of rotatable bonds is 3. The number of nitrogens with one attached hydrogen (secondary N) is 1. The summed E-state index contributed by atoms with van der Waals surface area (Å²) in [5, 5.41) is 0. The molecule has 0 radical (unpaired) electrons. The van der Waals surface area contributed by atoms with Crippen LogP contribution in [0.4, 0.5) is 5.69 Å². The molecule has 0 unspecified atom stereocenters. The Morgan fingerprint density at radius 1 is 1.36 bits per heavy atom. The molecule has 0 atom stereocenters. The lowest BCUT2D eigenvalue weighted by Crippen LogP contribution is -2.28. The molecule has 0 bridgehead atoms. The Balaban J connectivity index is 2.90. The van der Waals surface area contributed by atoms with Gasteiger partial charge >= 0.3 is 10.2 Å². The van der Waals surface area contributed by atoms with Gasteiger partial charge in [-0.05, 0) is 18.6 Å². The van der Waals surface area contributed by atoms with Crippen LogP contribution in [0.1, 0.15) is 5.56 Å². The van der Waals surface area contributed by atoms with Crippen molar-refractivity contribution in [1.82, 2.24) is 9.29 Å². The predicted molar refractivity (Wildman–Crippen MR) is 55.2 cm³/mol. The average Bonchev–Trinajstić information content (AvgIpc) is 2.02. The third-order valence-electron chi connectivity index (χ3n) is 1.60. The molecule has 0 aliphatic rings. The summed E-state index contributed by atoms with van der Waals surface area (Å²) in [7, 11) is -0.497. The van der Waals surface area contributed by atoms with E-state index >= 15 is 0 Å². The van der Waals surface area contributed by atoms with E-state index < -0.39 is 10.2 Å². The van der Waals surface area contributed by atoms with E-state index in [1.54, 1.807) is 12.3 Å². The van der Waals surface area contributed by atoms with Crippen molar-refractivity contribution in [2.24, 2.45) is 0 Å². The second-order valence-corrected chi connectivity index (χ2v) is 5.03. The first-order valence-corrected chi connectivity index (χ1v) is 5.48. The van der Waals surface area contributed by atoms with Crippen LogP contribution in [0.3, 0.4) is 0 Å². The number of nitrogens with zero attached hydrogens (tertiary/aromatic N) is 2. The first-order valence-electron chi connectivity index (χ1n) is 4.04. The van der Waals surface area contributed by atoms with Gasteiger partial charge in [0.1, 0.15) is 0 Å². The Kier molecular flexibility index (Phi) is 3.07. The molecule has 1 aromatic rings. The number of pyridine rings is 1. The van der Waals surface area contributed by atoms with Gasteiger partial charge < -0.3 is 0 Å². The third kappa shape index (κ3) is 2.68. The first kappa shape index (κ1) is 10.9. The quantitative estimate of drug-likeness (QED) is 0.803. The topological polar surface area (TPSA) is 62.3 Å². The zero-order chi connectivity index (χ0) is 10.8. The van der Waals surface area contributed by atoms with Crippen molar-refractivity contribution >= 4 is 15.9 Å². The van der Waals surface area contributed by atoms with E-state index in [1.807, 2.05) is 6.92 Å². The smallest absolute Gasteiger partial charge is 0.269 e. The maximum atomic E-state index is 11.4. The number of aromatic nitrogens is 1. The summed E-state index contributed by atoms with van der Waals surface area (Å²) < 4.78 is 26.3. The van der Waals surface area contributed by atoms with Crippen molar-refractivity contribution in [3.8, 4) is 0 Å². The number of hydrogen-bond acceptors (Lipinski definition) is 3. The SMILES string of the molecule is Cc1cncc(NS(=O)(=O)N(C)C)c1. The number of aryl methyl sites for hydroxylation is 1. The highest BCUT2D eigenvalue weighted by Crippen LogP contribution is 2.09. The third-order valence-corrected chi connectivity index (χ3v) is 3.06. The summed E-state index contributed by atoms with van der Waals surface area (Å²) in [6.45, 7) is 1.85. The highest BCUT2D eigenvalue weighted by Gasteiger charge is 2.12. The minimum Gasteiger partial charge on any atom is -0.269 e. The Bertz CT molecular complexity index is 414. The van der Waals surface area contributed by atoms with Crippen LogP contribution in [-0.4, -0.2) is 31.8 Å². The zero-order valence-electron chi connectivity index (χ0n) is 8.35.